The lowest BCUT2D eigenvalue weighted by molar-refractivity contribution is -0.125. The Hall–Kier alpha value is -1.80. The highest BCUT2D eigenvalue weighted by Gasteiger charge is 2.69. The number of fused-ring (bicyclic) bond motifs is 5. The summed E-state index contributed by atoms with van der Waals surface area (Å²) in [5.41, 5.74) is 5.06. The number of methoxy groups -OCH3 is 1. The van der Waals surface area contributed by atoms with Crippen molar-refractivity contribution in [2.45, 2.75) is 31.8 Å². The summed E-state index contributed by atoms with van der Waals surface area (Å²) in [6, 6.07) is 8.84. The highest BCUT2D eigenvalue weighted by atomic mass is 16.6. The van der Waals surface area contributed by atoms with Crippen LogP contribution < -0.4 is 10.6 Å². The number of hydrogen-bond donors (Lipinski definition) is 2. The standard InChI is InChI=1S/C15H15NO5.CH5N.CH4/c1-20-13-10(17)11-8-9(12(13)21-11)15(19)16(14(8)18)7-5-3-2-4-6-7;1-2;/h2-6,8-13,17H,1H3;2H2,1H3;1H4/t8?,9?,10?,11?,12-,13-;;/m0../s1. The van der Waals surface area contributed by atoms with Crippen molar-refractivity contribution >= 4 is 17.5 Å². The topological polar surface area (TPSA) is 102 Å². The summed E-state index contributed by atoms with van der Waals surface area (Å²) in [7, 11) is 2.98. The van der Waals surface area contributed by atoms with Gasteiger partial charge in [-0.05, 0) is 19.2 Å². The van der Waals surface area contributed by atoms with Crippen LogP contribution in [0.4, 0.5) is 5.69 Å². The molecule has 0 aromatic heterocycles. The van der Waals surface area contributed by atoms with Crippen LogP contribution in [0, 0.1) is 11.8 Å². The molecule has 4 unspecified atom stereocenters. The monoisotopic (exact) mass is 336 g/mol. The number of rotatable bonds is 2. The van der Waals surface area contributed by atoms with E-state index in [9.17, 15) is 14.7 Å². The number of para-hydroxylation sites is 1. The van der Waals surface area contributed by atoms with Gasteiger partial charge >= 0.3 is 0 Å². The molecule has 2 amide bonds. The first-order valence-corrected chi connectivity index (χ1v) is 7.52. The Kier molecular flexibility index (Phi) is 5.39. The first-order chi connectivity index (χ1) is 11.1. The van der Waals surface area contributed by atoms with Gasteiger partial charge in [-0.1, -0.05) is 25.6 Å². The molecular weight excluding hydrogens is 312 g/mol. The van der Waals surface area contributed by atoms with Crippen LogP contribution in [0.25, 0.3) is 0 Å². The molecule has 0 spiro atoms. The fraction of sp³-hybridized carbons (Fsp3) is 0.529. The van der Waals surface area contributed by atoms with Crippen molar-refractivity contribution in [1.29, 1.82) is 0 Å². The number of imide groups is 1. The summed E-state index contributed by atoms with van der Waals surface area (Å²) in [4.78, 5) is 26.5. The van der Waals surface area contributed by atoms with Gasteiger partial charge in [0, 0.05) is 7.11 Å². The quantitative estimate of drug-likeness (QED) is 0.746. The molecule has 1 aromatic rings. The molecule has 2 bridgehead atoms. The Morgan fingerprint density at radius 1 is 1.08 bits per heavy atom. The lowest BCUT2D eigenvalue weighted by Gasteiger charge is -2.27. The molecule has 0 saturated carbocycles. The van der Waals surface area contributed by atoms with Gasteiger partial charge in [-0.15, -0.1) is 0 Å². The van der Waals surface area contributed by atoms with Crippen molar-refractivity contribution in [2.75, 3.05) is 19.1 Å². The van der Waals surface area contributed by atoms with E-state index in [2.05, 4.69) is 5.73 Å². The lowest BCUT2D eigenvalue weighted by Crippen LogP contribution is -2.48. The van der Waals surface area contributed by atoms with E-state index in [1.807, 2.05) is 6.07 Å². The maximum absolute atomic E-state index is 12.6. The van der Waals surface area contributed by atoms with E-state index in [1.54, 1.807) is 24.3 Å². The molecule has 4 rings (SSSR count). The molecule has 3 aliphatic rings. The molecule has 3 heterocycles. The van der Waals surface area contributed by atoms with Crippen molar-refractivity contribution < 1.29 is 24.2 Å². The molecule has 0 aliphatic carbocycles. The molecular formula is C17H24N2O5. The van der Waals surface area contributed by atoms with Crippen molar-refractivity contribution in [1.82, 2.24) is 0 Å². The number of carbonyl (C=O) groups is 2. The number of nitrogens with two attached hydrogens (primary N) is 1. The highest BCUT2D eigenvalue weighted by Crippen LogP contribution is 2.50. The van der Waals surface area contributed by atoms with E-state index in [0.717, 1.165) is 0 Å². The summed E-state index contributed by atoms with van der Waals surface area (Å²) in [6.07, 6.45) is -2.63. The number of ether oxygens (including phenoxy) is 2. The predicted octanol–water partition coefficient (Wildman–Crippen LogP) is 0.160. The fourth-order valence-corrected chi connectivity index (χ4v) is 3.82. The third-order valence-corrected chi connectivity index (χ3v) is 4.70. The van der Waals surface area contributed by atoms with E-state index in [-0.39, 0.29) is 19.2 Å². The first kappa shape index (κ1) is 18.5. The Morgan fingerprint density at radius 2 is 1.62 bits per heavy atom. The van der Waals surface area contributed by atoms with Crippen LogP contribution in [-0.4, -0.2) is 55.5 Å². The summed E-state index contributed by atoms with van der Waals surface area (Å²) >= 11 is 0. The SMILES string of the molecule is C.CN.CO[C@H]1C(O)C2O[C@H]1C1C(=O)N(c3ccccc3)C(=O)C21. The third kappa shape index (κ3) is 2.36. The van der Waals surface area contributed by atoms with Crippen LogP contribution >= 0.6 is 0 Å². The summed E-state index contributed by atoms with van der Waals surface area (Å²) < 4.78 is 10.9. The molecule has 3 aliphatic heterocycles. The van der Waals surface area contributed by atoms with Crippen LogP contribution in [0.5, 0.6) is 0 Å². The second-order valence-electron chi connectivity index (χ2n) is 5.66. The maximum atomic E-state index is 12.6. The summed E-state index contributed by atoms with van der Waals surface area (Å²) in [6.45, 7) is 0. The van der Waals surface area contributed by atoms with Crippen LogP contribution in [0.15, 0.2) is 30.3 Å². The van der Waals surface area contributed by atoms with Crippen LogP contribution in [0.2, 0.25) is 0 Å². The Bertz CT molecular complexity index is 608. The van der Waals surface area contributed by atoms with Gasteiger partial charge in [0.05, 0.1) is 29.7 Å². The highest BCUT2D eigenvalue weighted by molar-refractivity contribution is 6.22. The molecule has 6 atom stereocenters. The molecule has 3 saturated heterocycles. The van der Waals surface area contributed by atoms with Crippen LogP contribution in [-0.2, 0) is 19.1 Å². The number of benzene rings is 1. The molecule has 3 fully saturated rings. The molecule has 0 radical (unpaired) electrons. The number of aliphatic hydroxyl groups is 1. The number of aliphatic hydroxyl groups excluding tert-OH is 1. The normalized spacial score (nSPS) is 36.1. The maximum Gasteiger partial charge on any atom is 0.240 e. The minimum Gasteiger partial charge on any atom is -0.388 e. The van der Waals surface area contributed by atoms with Crippen molar-refractivity contribution in [3.63, 3.8) is 0 Å². The number of amides is 2. The number of nitrogens with zero attached hydrogens (tertiary/aromatic N) is 1. The Labute approximate surface area is 141 Å². The minimum absolute atomic E-state index is 0. The van der Waals surface area contributed by atoms with E-state index in [0.29, 0.717) is 5.69 Å². The van der Waals surface area contributed by atoms with E-state index >= 15 is 0 Å². The minimum atomic E-state index is -0.867. The second kappa shape index (κ2) is 6.98. The van der Waals surface area contributed by atoms with Gasteiger partial charge in [-0.2, -0.15) is 0 Å². The van der Waals surface area contributed by atoms with Crippen molar-refractivity contribution in [2.24, 2.45) is 17.6 Å². The van der Waals surface area contributed by atoms with Gasteiger partial charge in [0.15, 0.2) is 0 Å². The fourth-order valence-electron chi connectivity index (χ4n) is 3.82. The molecule has 24 heavy (non-hydrogen) atoms. The van der Waals surface area contributed by atoms with Gasteiger partial charge < -0.3 is 20.3 Å². The average molecular weight is 336 g/mol. The largest absolute Gasteiger partial charge is 0.388 e. The van der Waals surface area contributed by atoms with E-state index in [1.165, 1.54) is 19.1 Å². The molecule has 1 aromatic carbocycles. The van der Waals surface area contributed by atoms with Gasteiger partial charge in [0.25, 0.3) is 0 Å². The number of anilines is 1. The van der Waals surface area contributed by atoms with Gasteiger partial charge in [-0.25, -0.2) is 4.90 Å². The lowest BCUT2D eigenvalue weighted by atomic mass is 9.78. The summed E-state index contributed by atoms with van der Waals surface area (Å²) in [5, 5.41) is 10.2. The van der Waals surface area contributed by atoms with Crippen LogP contribution in [0.1, 0.15) is 7.43 Å². The number of carbonyl (C=O) groups excluding carboxylic acids is 2. The van der Waals surface area contributed by atoms with Crippen LogP contribution in [0.3, 0.4) is 0 Å². The first-order valence-electron chi connectivity index (χ1n) is 7.52. The molecule has 7 nitrogen and oxygen atoms in total. The average Bonchev–Trinajstić information content (AvgIpc) is 3.20. The van der Waals surface area contributed by atoms with Gasteiger partial charge in [0.1, 0.15) is 12.2 Å². The Balaban J connectivity index is 0.000000670. The summed E-state index contributed by atoms with van der Waals surface area (Å²) in [5.74, 6) is -1.73. The number of hydrogen-bond acceptors (Lipinski definition) is 6. The zero-order valence-electron chi connectivity index (χ0n) is 13.0. The van der Waals surface area contributed by atoms with Crippen molar-refractivity contribution in [3.05, 3.63) is 30.3 Å². The molecule has 3 N–H and O–H groups in total. The zero-order valence-corrected chi connectivity index (χ0v) is 13.0. The van der Waals surface area contributed by atoms with Crippen molar-refractivity contribution in [3.8, 4) is 0 Å². The zero-order chi connectivity index (χ0) is 16.7. The molecule has 132 valence electrons. The predicted molar refractivity (Wildman–Crippen MR) is 88.2 cm³/mol. The molecule has 7 heteroatoms. The van der Waals surface area contributed by atoms with Gasteiger partial charge in [-0.3, -0.25) is 9.59 Å². The van der Waals surface area contributed by atoms with E-state index in [4.69, 9.17) is 9.47 Å². The third-order valence-electron chi connectivity index (χ3n) is 4.70. The smallest absolute Gasteiger partial charge is 0.240 e. The van der Waals surface area contributed by atoms with E-state index < -0.39 is 36.3 Å². The van der Waals surface area contributed by atoms with Gasteiger partial charge in [0.2, 0.25) is 11.8 Å². The second-order valence-corrected chi connectivity index (χ2v) is 5.66. The Morgan fingerprint density at radius 3 is 2.17 bits per heavy atom.